The highest BCUT2D eigenvalue weighted by Crippen LogP contribution is 2.15. The molecule has 0 aromatic heterocycles. The van der Waals surface area contributed by atoms with E-state index in [4.69, 9.17) is 14.6 Å². The lowest BCUT2D eigenvalue weighted by Crippen LogP contribution is -2.46. The number of nitrogens with zero attached hydrogens (tertiary/aromatic N) is 1. The van der Waals surface area contributed by atoms with Crippen molar-refractivity contribution in [2.24, 2.45) is 0 Å². The number of aliphatic carboxylic acids is 1. The van der Waals surface area contributed by atoms with Crippen molar-refractivity contribution in [3.05, 3.63) is 65.7 Å². The lowest BCUT2D eigenvalue weighted by atomic mass is 10.1. The zero-order chi connectivity index (χ0) is 20.3. The average Bonchev–Trinajstić information content (AvgIpc) is 2.75. The first-order valence-electron chi connectivity index (χ1n) is 10.5. The predicted octanol–water partition coefficient (Wildman–Crippen LogP) is 3.81. The van der Waals surface area contributed by atoms with Crippen LogP contribution in [-0.2, 0) is 22.4 Å². The molecule has 0 amide bonds. The van der Waals surface area contributed by atoms with Gasteiger partial charge in [-0.1, -0.05) is 42.5 Å². The summed E-state index contributed by atoms with van der Waals surface area (Å²) < 4.78 is 11.1. The average molecular weight is 398 g/mol. The number of aryl methyl sites for hydroxylation is 2. The van der Waals surface area contributed by atoms with Crippen molar-refractivity contribution in [1.29, 1.82) is 0 Å². The van der Waals surface area contributed by atoms with E-state index in [-0.39, 0.29) is 0 Å². The Bertz CT molecular complexity index is 732. The SMILES string of the molecule is O=C(O)C1CN(CCCc2ccc(OCCCCc3ccccc3)cc2)CCO1. The molecular weight excluding hydrogens is 366 g/mol. The summed E-state index contributed by atoms with van der Waals surface area (Å²) in [6, 6.07) is 18.9. The number of hydrogen-bond acceptors (Lipinski definition) is 4. The van der Waals surface area contributed by atoms with Crippen LogP contribution in [0.15, 0.2) is 54.6 Å². The van der Waals surface area contributed by atoms with E-state index in [2.05, 4.69) is 41.3 Å². The van der Waals surface area contributed by atoms with Gasteiger partial charge in [0.25, 0.3) is 0 Å². The normalized spacial score (nSPS) is 17.2. The number of carboxylic acids is 1. The highest BCUT2D eigenvalue weighted by Gasteiger charge is 2.25. The van der Waals surface area contributed by atoms with Crippen LogP contribution >= 0.6 is 0 Å². The molecule has 2 aromatic rings. The largest absolute Gasteiger partial charge is 0.494 e. The summed E-state index contributed by atoms with van der Waals surface area (Å²) in [7, 11) is 0. The van der Waals surface area contributed by atoms with Crippen LogP contribution in [0.4, 0.5) is 0 Å². The molecule has 1 heterocycles. The van der Waals surface area contributed by atoms with Crippen molar-refractivity contribution in [1.82, 2.24) is 4.90 Å². The fraction of sp³-hybridized carbons (Fsp3) is 0.458. The first-order valence-corrected chi connectivity index (χ1v) is 10.5. The van der Waals surface area contributed by atoms with Crippen LogP contribution in [0, 0.1) is 0 Å². The van der Waals surface area contributed by atoms with E-state index in [1.54, 1.807) is 0 Å². The number of morpholine rings is 1. The molecule has 1 fully saturated rings. The maximum Gasteiger partial charge on any atom is 0.334 e. The lowest BCUT2D eigenvalue weighted by Gasteiger charge is -2.30. The standard InChI is InChI=1S/C24H31NO4/c26-24(27)23-19-25(16-18-29-23)15-6-10-21-11-13-22(14-12-21)28-17-5-4-9-20-7-2-1-3-8-20/h1-3,7-8,11-14,23H,4-6,9-10,15-19H2,(H,26,27). The molecule has 1 aliphatic rings. The zero-order valence-electron chi connectivity index (χ0n) is 17.0. The molecule has 0 bridgehead atoms. The van der Waals surface area contributed by atoms with Crippen LogP contribution in [0.25, 0.3) is 0 Å². The third kappa shape index (κ3) is 7.52. The second-order valence-corrected chi connectivity index (χ2v) is 7.54. The molecule has 1 N–H and O–H groups in total. The van der Waals surface area contributed by atoms with Gasteiger partial charge in [0, 0.05) is 13.1 Å². The molecular formula is C24H31NO4. The summed E-state index contributed by atoms with van der Waals surface area (Å²) >= 11 is 0. The maximum absolute atomic E-state index is 11.0. The van der Waals surface area contributed by atoms with E-state index < -0.39 is 12.1 Å². The first-order chi connectivity index (χ1) is 14.2. The minimum atomic E-state index is -0.870. The van der Waals surface area contributed by atoms with Gasteiger partial charge >= 0.3 is 5.97 Å². The second-order valence-electron chi connectivity index (χ2n) is 7.54. The molecule has 1 aliphatic heterocycles. The molecule has 5 heteroatoms. The Morgan fingerprint density at radius 3 is 2.48 bits per heavy atom. The summed E-state index contributed by atoms with van der Waals surface area (Å²) in [5.74, 6) is 0.0521. The Morgan fingerprint density at radius 1 is 1.00 bits per heavy atom. The molecule has 0 aliphatic carbocycles. The molecule has 2 aromatic carbocycles. The van der Waals surface area contributed by atoms with Crippen molar-refractivity contribution in [2.45, 2.75) is 38.2 Å². The summed E-state index contributed by atoms with van der Waals surface area (Å²) in [6.07, 6.45) is 4.57. The van der Waals surface area contributed by atoms with Gasteiger partial charge in [0.05, 0.1) is 13.2 Å². The number of carboxylic acid groups (broad SMARTS) is 1. The topological polar surface area (TPSA) is 59.0 Å². The minimum Gasteiger partial charge on any atom is -0.494 e. The van der Waals surface area contributed by atoms with Crippen LogP contribution in [0.3, 0.4) is 0 Å². The van der Waals surface area contributed by atoms with Gasteiger partial charge in [-0.3, -0.25) is 4.90 Å². The number of unbranched alkanes of at least 4 members (excludes halogenated alkanes) is 1. The van der Waals surface area contributed by atoms with Gasteiger partial charge in [-0.05, 0) is 61.9 Å². The minimum absolute atomic E-state index is 0.479. The Kier molecular flexibility index (Phi) is 8.53. The molecule has 156 valence electrons. The number of rotatable bonds is 11. The number of hydrogen-bond donors (Lipinski definition) is 1. The molecule has 1 unspecified atom stereocenters. The third-order valence-electron chi connectivity index (χ3n) is 5.26. The van der Waals surface area contributed by atoms with Crippen LogP contribution in [0.5, 0.6) is 5.75 Å². The first kappa shape index (κ1) is 21.3. The van der Waals surface area contributed by atoms with E-state index in [9.17, 15) is 4.79 Å². The highest BCUT2D eigenvalue weighted by molar-refractivity contribution is 5.72. The predicted molar refractivity (Wildman–Crippen MR) is 113 cm³/mol. The van der Waals surface area contributed by atoms with E-state index in [1.807, 2.05) is 18.2 Å². The van der Waals surface area contributed by atoms with E-state index >= 15 is 0 Å². The summed E-state index contributed by atoms with van der Waals surface area (Å²) in [4.78, 5) is 13.2. The lowest BCUT2D eigenvalue weighted by molar-refractivity contribution is -0.156. The van der Waals surface area contributed by atoms with Gasteiger partial charge in [0.2, 0.25) is 0 Å². The summed E-state index contributed by atoms with van der Waals surface area (Å²) in [6.45, 7) is 3.42. The van der Waals surface area contributed by atoms with Gasteiger partial charge in [-0.25, -0.2) is 4.79 Å². The van der Waals surface area contributed by atoms with Gasteiger partial charge in [0.15, 0.2) is 6.10 Å². The van der Waals surface area contributed by atoms with E-state index in [0.29, 0.717) is 13.2 Å². The van der Waals surface area contributed by atoms with Crippen LogP contribution in [0.2, 0.25) is 0 Å². The smallest absolute Gasteiger partial charge is 0.334 e. The zero-order valence-corrected chi connectivity index (χ0v) is 17.0. The third-order valence-corrected chi connectivity index (χ3v) is 5.26. The van der Waals surface area contributed by atoms with E-state index in [0.717, 1.165) is 57.6 Å². The Hall–Kier alpha value is -2.37. The molecule has 29 heavy (non-hydrogen) atoms. The highest BCUT2D eigenvalue weighted by atomic mass is 16.5. The van der Waals surface area contributed by atoms with Crippen LogP contribution in [-0.4, -0.2) is 54.9 Å². The van der Waals surface area contributed by atoms with Crippen molar-refractivity contribution in [2.75, 3.05) is 32.8 Å². The number of ether oxygens (including phenoxy) is 2. The van der Waals surface area contributed by atoms with Gasteiger partial charge in [0.1, 0.15) is 5.75 Å². The fourth-order valence-electron chi connectivity index (χ4n) is 3.58. The Labute approximate surface area is 173 Å². The monoisotopic (exact) mass is 397 g/mol. The van der Waals surface area contributed by atoms with Crippen molar-refractivity contribution >= 4 is 5.97 Å². The van der Waals surface area contributed by atoms with Crippen molar-refractivity contribution < 1.29 is 19.4 Å². The van der Waals surface area contributed by atoms with Gasteiger partial charge in [-0.2, -0.15) is 0 Å². The number of carbonyl (C=O) groups is 1. The summed E-state index contributed by atoms with van der Waals surface area (Å²) in [5.41, 5.74) is 2.66. The van der Waals surface area contributed by atoms with Gasteiger partial charge < -0.3 is 14.6 Å². The molecule has 1 atom stereocenters. The van der Waals surface area contributed by atoms with E-state index in [1.165, 1.54) is 11.1 Å². The van der Waals surface area contributed by atoms with Crippen molar-refractivity contribution in [3.63, 3.8) is 0 Å². The van der Waals surface area contributed by atoms with Crippen LogP contribution < -0.4 is 4.74 Å². The maximum atomic E-state index is 11.0. The van der Waals surface area contributed by atoms with Gasteiger partial charge in [-0.15, -0.1) is 0 Å². The quantitative estimate of drug-likeness (QED) is 0.585. The Balaban J connectivity index is 1.29. The Morgan fingerprint density at radius 2 is 1.72 bits per heavy atom. The van der Waals surface area contributed by atoms with Crippen molar-refractivity contribution in [3.8, 4) is 5.75 Å². The molecule has 0 radical (unpaired) electrons. The number of benzene rings is 2. The molecule has 3 rings (SSSR count). The fourth-order valence-corrected chi connectivity index (χ4v) is 3.58. The summed E-state index contributed by atoms with van der Waals surface area (Å²) in [5, 5.41) is 9.07. The molecule has 5 nitrogen and oxygen atoms in total. The second kappa shape index (κ2) is 11.6. The molecule has 1 saturated heterocycles. The van der Waals surface area contributed by atoms with Crippen LogP contribution in [0.1, 0.15) is 30.4 Å². The molecule has 0 saturated carbocycles. The molecule has 0 spiro atoms.